The zero-order valence-electron chi connectivity index (χ0n) is 19.8. The number of rotatable bonds is 12. The predicted octanol–water partition coefficient (Wildman–Crippen LogP) is 5.79. The molecule has 1 N–H and O–H groups in total. The van der Waals surface area contributed by atoms with Crippen molar-refractivity contribution in [2.24, 2.45) is 0 Å². The summed E-state index contributed by atoms with van der Waals surface area (Å²) in [4.78, 5) is 17.2. The number of carbonyl (C=O) groups is 1. The maximum absolute atomic E-state index is 12.3. The van der Waals surface area contributed by atoms with Crippen LogP contribution in [0.15, 0.2) is 85.5 Å². The fraction of sp³-hybridized carbons (Fsp3) is 0.241. The third-order valence-corrected chi connectivity index (χ3v) is 6.22. The number of benzene rings is 3. The third kappa shape index (κ3) is 6.52. The van der Waals surface area contributed by atoms with E-state index in [9.17, 15) is 4.79 Å². The normalized spacial score (nSPS) is 10.9. The lowest BCUT2D eigenvalue weighted by molar-refractivity contribution is -0.120. The van der Waals surface area contributed by atoms with Crippen LogP contribution in [0.4, 0.5) is 0 Å². The zero-order valence-corrected chi connectivity index (χ0v) is 20.5. The average molecular weight is 488 g/mol. The molecule has 0 atom stereocenters. The molecular weight excluding hydrogens is 458 g/mol. The van der Waals surface area contributed by atoms with Gasteiger partial charge in [-0.15, -0.1) is 6.58 Å². The summed E-state index contributed by atoms with van der Waals surface area (Å²) in [7, 11) is 0. The Kier molecular flexibility index (Phi) is 8.58. The van der Waals surface area contributed by atoms with Gasteiger partial charge in [0.25, 0.3) is 0 Å². The number of halogens is 1. The van der Waals surface area contributed by atoms with E-state index in [0.717, 1.165) is 53.0 Å². The lowest BCUT2D eigenvalue weighted by Gasteiger charge is -2.13. The van der Waals surface area contributed by atoms with Crippen molar-refractivity contribution in [2.75, 3.05) is 13.2 Å². The predicted molar refractivity (Wildman–Crippen MR) is 142 cm³/mol. The highest BCUT2D eigenvalue weighted by Crippen LogP contribution is 2.21. The molecule has 180 valence electrons. The van der Waals surface area contributed by atoms with Crippen LogP contribution in [-0.4, -0.2) is 28.6 Å². The van der Waals surface area contributed by atoms with Crippen molar-refractivity contribution in [1.29, 1.82) is 0 Å². The van der Waals surface area contributed by atoms with Crippen LogP contribution in [0.25, 0.3) is 11.0 Å². The molecule has 1 amide bonds. The van der Waals surface area contributed by atoms with E-state index < -0.39 is 0 Å². The van der Waals surface area contributed by atoms with Crippen molar-refractivity contribution < 1.29 is 9.53 Å². The van der Waals surface area contributed by atoms with Gasteiger partial charge in [0.1, 0.15) is 18.2 Å². The number of para-hydroxylation sites is 3. The van der Waals surface area contributed by atoms with Gasteiger partial charge >= 0.3 is 0 Å². The maximum Gasteiger partial charge on any atom is 0.224 e. The number of carbonyl (C=O) groups excluding carboxylic acids is 1. The van der Waals surface area contributed by atoms with Gasteiger partial charge in [-0.1, -0.05) is 66.2 Å². The van der Waals surface area contributed by atoms with Gasteiger partial charge in [0.2, 0.25) is 5.91 Å². The van der Waals surface area contributed by atoms with Gasteiger partial charge in [-0.05, 0) is 48.2 Å². The van der Waals surface area contributed by atoms with E-state index in [1.807, 2.05) is 60.7 Å². The van der Waals surface area contributed by atoms with Gasteiger partial charge in [0, 0.05) is 18.0 Å². The van der Waals surface area contributed by atoms with Gasteiger partial charge in [-0.25, -0.2) is 4.98 Å². The van der Waals surface area contributed by atoms with E-state index in [0.29, 0.717) is 24.7 Å². The molecule has 0 saturated heterocycles. The van der Waals surface area contributed by atoms with Crippen molar-refractivity contribution in [2.45, 2.75) is 32.2 Å². The monoisotopic (exact) mass is 487 g/mol. The van der Waals surface area contributed by atoms with Crippen molar-refractivity contribution in [3.63, 3.8) is 0 Å². The van der Waals surface area contributed by atoms with E-state index in [-0.39, 0.29) is 12.3 Å². The first-order valence-electron chi connectivity index (χ1n) is 11.9. The molecule has 0 bridgehead atoms. The number of nitrogens with one attached hydrogen (secondary N) is 1. The molecule has 1 aromatic heterocycles. The lowest BCUT2D eigenvalue weighted by atomic mass is 10.1. The van der Waals surface area contributed by atoms with E-state index in [1.54, 1.807) is 6.07 Å². The Hall–Kier alpha value is -3.57. The first-order chi connectivity index (χ1) is 17.2. The minimum atomic E-state index is -0.0295. The Bertz CT molecular complexity index is 1300. The molecule has 4 aromatic rings. The Balaban J connectivity index is 1.35. The number of imidazole rings is 1. The van der Waals surface area contributed by atoms with E-state index in [1.165, 1.54) is 0 Å². The molecule has 6 heteroatoms. The first kappa shape index (κ1) is 24.6. The van der Waals surface area contributed by atoms with Crippen molar-refractivity contribution in [3.05, 3.63) is 107 Å². The summed E-state index contributed by atoms with van der Waals surface area (Å²) in [5, 5.41) is 3.61. The molecule has 0 fully saturated rings. The highest BCUT2D eigenvalue weighted by atomic mass is 35.5. The van der Waals surface area contributed by atoms with Gasteiger partial charge in [0.15, 0.2) is 0 Å². The molecule has 35 heavy (non-hydrogen) atoms. The third-order valence-electron chi connectivity index (χ3n) is 5.85. The molecule has 4 rings (SSSR count). The molecule has 3 aromatic carbocycles. The van der Waals surface area contributed by atoms with E-state index >= 15 is 0 Å². The number of amides is 1. The van der Waals surface area contributed by atoms with Gasteiger partial charge in [-0.2, -0.15) is 0 Å². The van der Waals surface area contributed by atoms with Crippen LogP contribution in [-0.2, 0) is 30.6 Å². The molecular formula is C29H30ClN3O2. The summed E-state index contributed by atoms with van der Waals surface area (Å²) < 4.78 is 8.35. The van der Waals surface area contributed by atoms with Crippen LogP contribution in [0.3, 0.4) is 0 Å². The van der Waals surface area contributed by atoms with Crippen molar-refractivity contribution >= 4 is 28.5 Å². The topological polar surface area (TPSA) is 56.1 Å². The van der Waals surface area contributed by atoms with Crippen molar-refractivity contribution in [3.8, 4) is 5.75 Å². The number of hydrogen-bond acceptors (Lipinski definition) is 3. The summed E-state index contributed by atoms with van der Waals surface area (Å²) >= 11 is 6.17. The highest BCUT2D eigenvalue weighted by Gasteiger charge is 2.12. The lowest BCUT2D eigenvalue weighted by Crippen LogP contribution is -2.26. The summed E-state index contributed by atoms with van der Waals surface area (Å²) in [6, 6.07) is 23.6. The minimum Gasteiger partial charge on any atom is -0.491 e. The first-order valence-corrected chi connectivity index (χ1v) is 12.3. The second-order valence-electron chi connectivity index (χ2n) is 8.34. The van der Waals surface area contributed by atoms with E-state index in [4.69, 9.17) is 21.3 Å². The zero-order chi connectivity index (χ0) is 24.5. The summed E-state index contributed by atoms with van der Waals surface area (Å²) in [6.45, 7) is 5.65. The van der Waals surface area contributed by atoms with Crippen LogP contribution in [0.5, 0.6) is 5.75 Å². The largest absolute Gasteiger partial charge is 0.491 e. The van der Waals surface area contributed by atoms with Crippen LogP contribution < -0.4 is 10.1 Å². The molecule has 5 nitrogen and oxygen atoms in total. The summed E-state index contributed by atoms with van der Waals surface area (Å²) in [6.07, 6.45) is 4.49. The molecule has 0 radical (unpaired) electrons. The van der Waals surface area contributed by atoms with Crippen LogP contribution in [0.1, 0.15) is 23.4 Å². The number of allylic oxidation sites excluding steroid dienone is 1. The average Bonchev–Trinajstić information content (AvgIpc) is 3.22. The smallest absolute Gasteiger partial charge is 0.224 e. The SMILES string of the molecule is C=CCc1ccccc1OCCn1c(CCCNC(=O)Cc2ccccc2Cl)nc2ccccc21. The quantitative estimate of drug-likeness (QED) is 0.203. The Morgan fingerprint density at radius 2 is 1.77 bits per heavy atom. The molecule has 0 aliphatic carbocycles. The Morgan fingerprint density at radius 1 is 1.03 bits per heavy atom. The van der Waals surface area contributed by atoms with Gasteiger partial charge < -0.3 is 14.6 Å². The molecule has 1 heterocycles. The number of hydrogen-bond donors (Lipinski definition) is 1. The van der Waals surface area contributed by atoms with Crippen LogP contribution >= 0.6 is 11.6 Å². The number of ether oxygens (including phenoxy) is 1. The van der Waals surface area contributed by atoms with Crippen LogP contribution in [0.2, 0.25) is 5.02 Å². The fourth-order valence-electron chi connectivity index (χ4n) is 4.13. The summed E-state index contributed by atoms with van der Waals surface area (Å²) in [5.74, 6) is 1.85. The van der Waals surface area contributed by atoms with Crippen molar-refractivity contribution in [1.82, 2.24) is 14.9 Å². The summed E-state index contributed by atoms with van der Waals surface area (Å²) in [5.41, 5.74) is 4.03. The maximum atomic E-state index is 12.3. The fourth-order valence-corrected chi connectivity index (χ4v) is 4.34. The number of aromatic nitrogens is 2. The van der Waals surface area contributed by atoms with E-state index in [2.05, 4.69) is 28.6 Å². The number of aryl methyl sites for hydroxylation is 1. The highest BCUT2D eigenvalue weighted by molar-refractivity contribution is 6.31. The second-order valence-corrected chi connectivity index (χ2v) is 8.75. The van der Waals surface area contributed by atoms with Gasteiger partial charge in [0.05, 0.1) is 24.0 Å². The second kappa shape index (κ2) is 12.2. The van der Waals surface area contributed by atoms with Crippen LogP contribution in [0, 0.1) is 0 Å². The molecule has 0 aliphatic rings. The Morgan fingerprint density at radius 3 is 2.60 bits per heavy atom. The number of fused-ring (bicyclic) bond motifs is 1. The molecule has 0 unspecified atom stereocenters. The standard InChI is InChI=1S/C29H30ClN3O2/c1-2-10-22-11-4-8-16-27(22)35-20-19-33-26-15-7-6-14-25(26)32-28(33)17-9-18-31-29(34)21-23-12-3-5-13-24(23)30/h2-8,11-16H,1,9-10,17-21H2,(H,31,34). The van der Waals surface area contributed by atoms with Gasteiger partial charge in [-0.3, -0.25) is 4.79 Å². The molecule has 0 aliphatic heterocycles. The molecule has 0 saturated carbocycles. The Labute approximate surface area is 211 Å². The minimum absolute atomic E-state index is 0.0295. The number of nitrogens with zero attached hydrogens (tertiary/aromatic N) is 2. The molecule has 0 spiro atoms.